The number of amides is 1. The summed E-state index contributed by atoms with van der Waals surface area (Å²) in [4.78, 5) is 16.1. The van der Waals surface area contributed by atoms with E-state index < -0.39 is 0 Å². The maximum Gasteiger partial charge on any atom is 0.291 e. The second-order valence-corrected chi connectivity index (χ2v) is 4.87. The number of nitrogens with zero attached hydrogens (tertiary/aromatic N) is 2. The molecule has 1 atom stereocenters. The van der Waals surface area contributed by atoms with Crippen LogP contribution in [0.1, 0.15) is 61.4 Å². The molecule has 1 aliphatic carbocycles. The van der Waals surface area contributed by atoms with Crippen molar-refractivity contribution in [1.29, 1.82) is 0 Å². The van der Waals surface area contributed by atoms with E-state index in [0.717, 1.165) is 37.9 Å². The molecule has 2 rings (SSSR count). The van der Waals surface area contributed by atoms with Crippen molar-refractivity contribution < 1.29 is 4.79 Å². The summed E-state index contributed by atoms with van der Waals surface area (Å²) in [6.45, 7) is 2.57. The SMILES string of the molecule is CCCCC(CN)NC(=O)c1n[nH]c(C2CC2)n1. The molecule has 1 aliphatic rings. The van der Waals surface area contributed by atoms with Gasteiger partial charge in [-0.05, 0) is 19.3 Å². The standard InChI is InChI=1S/C12H21N5O/c1-2-3-4-9(7-13)14-12(18)11-15-10(16-17-11)8-5-6-8/h8-9H,2-7,13H2,1H3,(H,14,18)(H,15,16,17). The molecule has 6 nitrogen and oxygen atoms in total. The Hall–Kier alpha value is -1.43. The normalized spacial score (nSPS) is 16.6. The Labute approximate surface area is 107 Å². The summed E-state index contributed by atoms with van der Waals surface area (Å²) in [5, 5.41) is 9.67. The third-order valence-corrected chi connectivity index (χ3v) is 3.20. The Morgan fingerprint density at radius 1 is 1.61 bits per heavy atom. The van der Waals surface area contributed by atoms with Crippen LogP contribution in [0.2, 0.25) is 0 Å². The highest BCUT2D eigenvalue weighted by Crippen LogP contribution is 2.37. The molecule has 0 saturated heterocycles. The first-order valence-corrected chi connectivity index (χ1v) is 6.67. The summed E-state index contributed by atoms with van der Waals surface area (Å²) >= 11 is 0. The van der Waals surface area contributed by atoms with Gasteiger partial charge in [-0.3, -0.25) is 9.89 Å². The van der Waals surface area contributed by atoms with Gasteiger partial charge in [-0.1, -0.05) is 19.8 Å². The number of carbonyl (C=O) groups excluding carboxylic acids is 1. The molecule has 1 fully saturated rings. The van der Waals surface area contributed by atoms with Gasteiger partial charge in [0.25, 0.3) is 5.91 Å². The predicted octanol–water partition coefficient (Wildman–Crippen LogP) is 0.929. The smallest absolute Gasteiger partial charge is 0.291 e. The summed E-state index contributed by atoms with van der Waals surface area (Å²) in [6.07, 6.45) is 5.33. The highest BCUT2D eigenvalue weighted by atomic mass is 16.2. The van der Waals surface area contributed by atoms with E-state index in [-0.39, 0.29) is 17.8 Å². The van der Waals surface area contributed by atoms with Gasteiger partial charge >= 0.3 is 0 Å². The number of hydrogen-bond acceptors (Lipinski definition) is 4. The van der Waals surface area contributed by atoms with Crippen LogP contribution in [0.15, 0.2) is 0 Å². The molecule has 4 N–H and O–H groups in total. The molecule has 1 saturated carbocycles. The van der Waals surface area contributed by atoms with Crippen molar-refractivity contribution in [3.05, 3.63) is 11.6 Å². The van der Waals surface area contributed by atoms with Crippen molar-refractivity contribution in [3.8, 4) is 0 Å². The predicted molar refractivity (Wildman–Crippen MR) is 68.2 cm³/mol. The Kier molecular flexibility index (Phi) is 4.30. The van der Waals surface area contributed by atoms with Gasteiger partial charge in [-0.25, -0.2) is 4.98 Å². The number of nitrogens with one attached hydrogen (secondary N) is 2. The maximum absolute atomic E-state index is 11.9. The van der Waals surface area contributed by atoms with Crippen LogP contribution in [-0.2, 0) is 0 Å². The van der Waals surface area contributed by atoms with Crippen LogP contribution >= 0.6 is 0 Å². The van der Waals surface area contributed by atoms with E-state index in [1.54, 1.807) is 0 Å². The van der Waals surface area contributed by atoms with E-state index in [1.807, 2.05) is 0 Å². The fraction of sp³-hybridized carbons (Fsp3) is 0.750. The second kappa shape index (κ2) is 5.95. The van der Waals surface area contributed by atoms with Crippen molar-refractivity contribution >= 4 is 5.91 Å². The first-order chi connectivity index (χ1) is 8.74. The zero-order valence-electron chi connectivity index (χ0n) is 10.8. The first-order valence-electron chi connectivity index (χ1n) is 6.67. The Morgan fingerprint density at radius 2 is 2.39 bits per heavy atom. The molecule has 1 amide bonds. The van der Waals surface area contributed by atoms with E-state index in [1.165, 1.54) is 0 Å². The minimum atomic E-state index is -0.232. The molecule has 0 bridgehead atoms. The number of nitrogens with two attached hydrogens (primary N) is 1. The Bertz CT molecular complexity index is 399. The van der Waals surface area contributed by atoms with Crippen molar-refractivity contribution in [2.45, 2.75) is 51.0 Å². The number of aromatic nitrogens is 3. The van der Waals surface area contributed by atoms with Crippen LogP contribution in [0.4, 0.5) is 0 Å². The number of H-pyrrole nitrogens is 1. The van der Waals surface area contributed by atoms with E-state index >= 15 is 0 Å². The number of carbonyl (C=O) groups is 1. The number of aromatic amines is 1. The number of hydrogen-bond donors (Lipinski definition) is 3. The van der Waals surface area contributed by atoms with Gasteiger partial charge in [-0.2, -0.15) is 0 Å². The highest BCUT2D eigenvalue weighted by molar-refractivity contribution is 5.90. The van der Waals surface area contributed by atoms with Crippen molar-refractivity contribution in [3.63, 3.8) is 0 Å². The van der Waals surface area contributed by atoms with Crippen molar-refractivity contribution in [2.24, 2.45) is 5.73 Å². The molecular weight excluding hydrogens is 230 g/mol. The summed E-state index contributed by atoms with van der Waals surface area (Å²) in [6, 6.07) is 0.0142. The quantitative estimate of drug-likeness (QED) is 0.671. The molecule has 1 unspecified atom stereocenters. The molecule has 0 aromatic carbocycles. The van der Waals surface area contributed by atoms with E-state index in [4.69, 9.17) is 5.73 Å². The van der Waals surface area contributed by atoms with Gasteiger partial charge in [0.1, 0.15) is 5.82 Å². The summed E-state index contributed by atoms with van der Waals surface area (Å²) in [5.41, 5.74) is 5.64. The Balaban J connectivity index is 1.88. The van der Waals surface area contributed by atoms with Gasteiger partial charge in [0.05, 0.1) is 0 Å². The fourth-order valence-corrected chi connectivity index (χ4v) is 1.86. The van der Waals surface area contributed by atoms with Gasteiger partial charge in [-0.15, -0.1) is 5.10 Å². The Morgan fingerprint density at radius 3 is 3.00 bits per heavy atom. The lowest BCUT2D eigenvalue weighted by molar-refractivity contribution is 0.0925. The van der Waals surface area contributed by atoms with Crippen LogP contribution in [0.25, 0.3) is 0 Å². The van der Waals surface area contributed by atoms with E-state index in [9.17, 15) is 4.79 Å². The monoisotopic (exact) mass is 251 g/mol. The molecule has 0 spiro atoms. The van der Waals surface area contributed by atoms with Crippen LogP contribution in [0.5, 0.6) is 0 Å². The molecule has 6 heteroatoms. The van der Waals surface area contributed by atoms with E-state index in [0.29, 0.717) is 12.5 Å². The average Bonchev–Trinajstić information content (AvgIpc) is 3.12. The summed E-state index contributed by atoms with van der Waals surface area (Å²) in [5.74, 6) is 1.30. The van der Waals surface area contributed by atoms with Gasteiger partial charge in [0, 0.05) is 18.5 Å². The summed E-state index contributed by atoms with van der Waals surface area (Å²) in [7, 11) is 0. The zero-order chi connectivity index (χ0) is 13.0. The summed E-state index contributed by atoms with van der Waals surface area (Å²) < 4.78 is 0. The molecule has 1 heterocycles. The minimum Gasteiger partial charge on any atom is -0.345 e. The fourth-order valence-electron chi connectivity index (χ4n) is 1.86. The molecule has 18 heavy (non-hydrogen) atoms. The van der Waals surface area contributed by atoms with Crippen LogP contribution in [0, 0.1) is 0 Å². The lowest BCUT2D eigenvalue weighted by Gasteiger charge is -2.14. The highest BCUT2D eigenvalue weighted by Gasteiger charge is 2.28. The van der Waals surface area contributed by atoms with Crippen LogP contribution in [-0.4, -0.2) is 33.7 Å². The van der Waals surface area contributed by atoms with Crippen molar-refractivity contribution in [1.82, 2.24) is 20.5 Å². The van der Waals surface area contributed by atoms with Crippen molar-refractivity contribution in [2.75, 3.05) is 6.54 Å². The molecule has 1 aromatic heterocycles. The minimum absolute atomic E-state index is 0.0142. The maximum atomic E-state index is 11.9. The third-order valence-electron chi connectivity index (χ3n) is 3.20. The van der Waals surface area contributed by atoms with E-state index in [2.05, 4.69) is 27.4 Å². The number of rotatable bonds is 7. The molecular formula is C12H21N5O. The molecule has 100 valence electrons. The first kappa shape index (κ1) is 13.0. The molecule has 1 aromatic rings. The average molecular weight is 251 g/mol. The third kappa shape index (κ3) is 3.29. The molecule has 0 aliphatic heterocycles. The molecule has 0 radical (unpaired) electrons. The van der Waals surface area contributed by atoms with Gasteiger partial charge in [0.2, 0.25) is 5.82 Å². The number of unbranched alkanes of at least 4 members (excludes halogenated alkanes) is 1. The zero-order valence-corrected chi connectivity index (χ0v) is 10.8. The topological polar surface area (TPSA) is 96.7 Å². The lowest BCUT2D eigenvalue weighted by Crippen LogP contribution is -2.40. The largest absolute Gasteiger partial charge is 0.345 e. The van der Waals surface area contributed by atoms with Crippen LogP contribution < -0.4 is 11.1 Å². The lowest BCUT2D eigenvalue weighted by atomic mass is 10.1. The van der Waals surface area contributed by atoms with Gasteiger partial charge in [0.15, 0.2) is 0 Å². The van der Waals surface area contributed by atoms with Crippen LogP contribution in [0.3, 0.4) is 0 Å². The second-order valence-electron chi connectivity index (χ2n) is 4.87. The van der Waals surface area contributed by atoms with Gasteiger partial charge < -0.3 is 11.1 Å².